The van der Waals surface area contributed by atoms with Gasteiger partial charge in [0.1, 0.15) is 6.04 Å². The first kappa shape index (κ1) is 21.8. The number of halogens is 2. The van der Waals surface area contributed by atoms with Crippen LogP contribution in [0.4, 0.5) is 17.1 Å². The van der Waals surface area contributed by atoms with E-state index in [0.717, 1.165) is 44.0 Å². The third-order valence-corrected chi connectivity index (χ3v) is 5.91. The van der Waals surface area contributed by atoms with Crippen molar-refractivity contribution in [2.45, 2.75) is 26.8 Å². The van der Waals surface area contributed by atoms with E-state index in [0.29, 0.717) is 15.7 Å². The molecule has 1 saturated heterocycles. The summed E-state index contributed by atoms with van der Waals surface area (Å²) in [7, 11) is 0. The standard InChI is InChI=1S/C22H28Cl2N4O/c1-4-27-9-11-28(12-10-27)18-6-8-20(15(2)13-18)25-16(3)22(29)26-21-14-17(23)5-7-19(21)24/h5-8,13-14,16,25H,4,9-12H2,1-3H3,(H,26,29). The number of rotatable bonds is 6. The zero-order valence-electron chi connectivity index (χ0n) is 17.1. The summed E-state index contributed by atoms with van der Waals surface area (Å²) in [6.45, 7) is 11.5. The molecule has 0 saturated carbocycles. The van der Waals surface area contributed by atoms with E-state index in [2.05, 4.69) is 46.4 Å². The lowest BCUT2D eigenvalue weighted by molar-refractivity contribution is -0.116. The number of benzene rings is 2. The van der Waals surface area contributed by atoms with Gasteiger partial charge in [-0.05, 0) is 62.4 Å². The molecule has 3 rings (SSSR count). The Morgan fingerprint density at radius 3 is 2.45 bits per heavy atom. The lowest BCUT2D eigenvalue weighted by atomic mass is 10.1. The molecule has 156 valence electrons. The summed E-state index contributed by atoms with van der Waals surface area (Å²) >= 11 is 12.1. The van der Waals surface area contributed by atoms with Crippen molar-refractivity contribution >= 4 is 46.2 Å². The molecule has 29 heavy (non-hydrogen) atoms. The second-order valence-electron chi connectivity index (χ2n) is 7.40. The molecular weight excluding hydrogens is 407 g/mol. The van der Waals surface area contributed by atoms with Gasteiger partial charge in [0.25, 0.3) is 0 Å². The van der Waals surface area contributed by atoms with Crippen LogP contribution in [0.3, 0.4) is 0 Å². The molecule has 1 aliphatic rings. The van der Waals surface area contributed by atoms with Gasteiger partial charge in [0.2, 0.25) is 5.91 Å². The van der Waals surface area contributed by atoms with E-state index in [1.54, 1.807) is 18.2 Å². The first-order valence-electron chi connectivity index (χ1n) is 9.97. The van der Waals surface area contributed by atoms with Crippen molar-refractivity contribution in [3.8, 4) is 0 Å². The molecule has 1 amide bonds. The molecule has 0 spiro atoms. The normalized spacial score (nSPS) is 15.8. The number of piperazine rings is 1. The molecular formula is C22H28Cl2N4O. The van der Waals surface area contributed by atoms with Gasteiger partial charge in [-0.15, -0.1) is 0 Å². The van der Waals surface area contributed by atoms with E-state index >= 15 is 0 Å². The summed E-state index contributed by atoms with van der Waals surface area (Å²) in [5, 5.41) is 7.11. The third-order valence-electron chi connectivity index (χ3n) is 5.35. The Kier molecular flexibility index (Phi) is 7.28. The van der Waals surface area contributed by atoms with Crippen molar-refractivity contribution < 1.29 is 4.79 Å². The molecule has 1 unspecified atom stereocenters. The van der Waals surface area contributed by atoms with Crippen molar-refractivity contribution in [3.05, 3.63) is 52.0 Å². The summed E-state index contributed by atoms with van der Waals surface area (Å²) in [4.78, 5) is 17.5. The minimum absolute atomic E-state index is 0.173. The maximum absolute atomic E-state index is 12.6. The fourth-order valence-corrected chi connectivity index (χ4v) is 3.80. The first-order chi connectivity index (χ1) is 13.9. The Morgan fingerprint density at radius 2 is 1.79 bits per heavy atom. The molecule has 2 aromatic carbocycles. The van der Waals surface area contributed by atoms with Crippen LogP contribution in [0.5, 0.6) is 0 Å². The van der Waals surface area contributed by atoms with Crippen LogP contribution in [0.25, 0.3) is 0 Å². The number of amides is 1. The maximum Gasteiger partial charge on any atom is 0.246 e. The summed E-state index contributed by atoms with van der Waals surface area (Å²) in [6, 6.07) is 10.9. The summed E-state index contributed by atoms with van der Waals surface area (Å²) < 4.78 is 0. The molecule has 1 heterocycles. The highest BCUT2D eigenvalue weighted by Gasteiger charge is 2.18. The van der Waals surface area contributed by atoms with Gasteiger partial charge in [-0.25, -0.2) is 0 Å². The highest BCUT2D eigenvalue weighted by molar-refractivity contribution is 6.35. The van der Waals surface area contributed by atoms with Crippen LogP contribution in [0.1, 0.15) is 19.4 Å². The van der Waals surface area contributed by atoms with Crippen molar-refractivity contribution in [2.75, 3.05) is 48.3 Å². The molecule has 2 aromatic rings. The first-order valence-corrected chi connectivity index (χ1v) is 10.7. The van der Waals surface area contributed by atoms with E-state index in [9.17, 15) is 4.79 Å². The molecule has 5 nitrogen and oxygen atoms in total. The number of aryl methyl sites for hydroxylation is 1. The highest BCUT2D eigenvalue weighted by atomic mass is 35.5. The number of hydrogen-bond donors (Lipinski definition) is 2. The molecule has 0 bridgehead atoms. The van der Waals surface area contributed by atoms with Crippen molar-refractivity contribution in [3.63, 3.8) is 0 Å². The molecule has 1 fully saturated rings. The van der Waals surface area contributed by atoms with Crippen LogP contribution < -0.4 is 15.5 Å². The van der Waals surface area contributed by atoms with E-state index in [4.69, 9.17) is 23.2 Å². The number of carbonyl (C=O) groups is 1. The van der Waals surface area contributed by atoms with Gasteiger partial charge < -0.3 is 20.4 Å². The molecule has 2 N–H and O–H groups in total. The predicted molar refractivity (Wildman–Crippen MR) is 124 cm³/mol. The van der Waals surface area contributed by atoms with Gasteiger partial charge in [0.05, 0.1) is 10.7 Å². The maximum atomic E-state index is 12.6. The largest absolute Gasteiger partial charge is 0.374 e. The number of likely N-dealkylation sites (N-methyl/N-ethyl adjacent to an activating group) is 1. The van der Waals surface area contributed by atoms with Crippen LogP contribution >= 0.6 is 23.2 Å². The second kappa shape index (κ2) is 9.70. The fraction of sp³-hybridized carbons (Fsp3) is 0.409. The Labute approximate surface area is 183 Å². The van der Waals surface area contributed by atoms with Crippen LogP contribution in [0.2, 0.25) is 10.0 Å². The molecule has 0 aliphatic carbocycles. The number of nitrogens with zero attached hydrogens (tertiary/aromatic N) is 2. The van der Waals surface area contributed by atoms with Crippen LogP contribution in [0.15, 0.2) is 36.4 Å². The fourth-order valence-electron chi connectivity index (χ4n) is 3.46. The molecule has 1 aliphatic heterocycles. The average Bonchev–Trinajstić information content (AvgIpc) is 2.72. The SMILES string of the molecule is CCN1CCN(c2ccc(NC(C)C(=O)Nc3cc(Cl)ccc3Cl)c(C)c2)CC1. The van der Waals surface area contributed by atoms with Gasteiger partial charge in [-0.1, -0.05) is 30.1 Å². The monoisotopic (exact) mass is 434 g/mol. The minimum Gasteiger partial charge on any atom is -0.374 e. The second-order valence-corrected chi connectivity index (χ2v) is 8.24. The van der Waals surface area contributed by atoms with Gasteiger partial charge in [0.15, 0.2) is 0 Å². The smallest absolute Gasteiger partial charge is 0.246 e. The highest BCUT2D eigenvalue weighted by Crippen LogP contribution is 2.27. The molecule has 1 atom stereocenters. The zero-order chi connectivity index (χ0) is 21.0. The summed E-state index contributed by atoms with van der Waals surface area (Å²) in [5.41, 5.74) is 3.80. The molecule has 0 radical (unpaired) electrons. The van der Waals surface area contributed by atoms with Crippen LogP contribution in [0, 0.1) is 6.92 Å². The van der Waals surface area contributed by atoms with E-state index in [1.165, 1.54) is 5.69 Å². The Hall–Kier alpha value is -1.95. The summed E-state index contributed by atoms with van der Waals surface area (Å²) in [6.07, 6.45) is 0. The average molecular weight is 435 g/mol. The third kappa shape index (κ3) is 5.56. The van der Waals surface area contributed by atoms with Crippen LogP contribution in [-0.4, -0.2) is 49.6 Å². The van der Waals surface area contributed by atoms with Crippen molar-refractivity contribution in [2.24, 2.45) is 0 Å². The quantitative estimate of drug-likeness (QED) is 0.679. The van der Waals surface area contributed by atoms with Gasteiger partial charge in [-0.3, -0.25) is 4.79 Å². The zero-order valence-corrected chi connectivity index (χ0v) is 18.6. The predicted octanol–water partition coefficient (Wildman–Crippen LogP) is 4.88. The number of anilines is 3. The lowest BCUT2D eigenvalue weighted by Gasteiger charge is -2.35. The van der Waals surface area contributed by atoms with Crippen molar-refractivity contribution in [1.82, 2.24) is 4.90 Å². The van der Waals surface area contributed by atoms with Crippen LogP contribution in [-0.2, 0) is 4.79 Å². The van der Waals surface area contributed by atoms with Gasteiger partial charge in [-0.2, -0.15) is 0 Å². The molecule has 0 aromatic heterocycles. The van der Waals surface area contributed by atoms with Crippen molar-refractivity contribution in [1.29, 1.82) is 0 Å². The molecule has 7 heteroatoms. The topological polar surface area (TPSA) is 47.6 Å². The lowest BCUT2D eigenvalue weighted by Crippen LogP contribution is -2.46. The van der Waals surface area contributed by atoms with E-state index in [1.807, 2.05) is 13.0 Å². The van der Waals surface area contributed by atoms with Gasteiger partial charge in [0, 0.05) is 42.6 Å². The Bertz CT molecular complexity index is 866. The summed E-state index contributed by atoms with van der Waals surface area (Å²) in [5.74, 6) is -0.173. The number of carbonyl (C=O) groups excluding carboxylic acids is 1. The van der Waals surface area contributed by atoms with E-state index in [-0.39, 0.29) is 5.91 Å². The van der Waals surface area contributed by atoms with E-state index < -0.39 is 6.04 Å². The number of nitrogens with one attached hydrogen (secondary N) is 2. The minimum atomic E-state index is -0.428. The Balaban J connectivity index is 1.62. The Morgan fingerprint density at radius 1 is 1.07 bits per heavy atom. The number of hydrogen-bond acceptors (Lipinski definition) is 4. The van der Waals surface area contributed by atoms with Gasteiger partial charge >= 0.3 is 0 Å².